The molecule has 0 unspecified atom stereocenters. The van der Waals surface area contributed by atoms with Crippen molar-refractivity contribution < 1.29 is 9.59 Å². The first kappa shape index (κ1) is 16.9. The smallest absolute Gasteiger partial charge is 0.312 e. The maximum atomic E-state index is 12.1. The molecule has 0 fully saturated rings. The minimum absolute atomic E-state index is 0.128. The van der Waals surface area contributed by atoms with Crippen molar-refractivity contribution in [3.63, 3.8) is 0 Å². The van der Waals surface area contributed by atoms with Crippen LogP contribution in [0.2, 0.25) is 0 Å². The maximum Gasteiger partial charge on any atom is 0.312 e. The molecule has 0 heterocycles. The summed E-state index contributed by atoms with van der Waals surface area (Å²) in [6.45, 7) is 9.44. The quantitative estimate of drug-likeness (QED) is 0.660. The molecule has 0 saturated heterocycles. The van der Waals surface area contributed by atoms with E-state index in [2.05, 4.69) is 5.32 Å². The Kier molecular flexibility index (Phi) is 8.37. The number of nitrogens with one attached hydrogen (secondary N) is 1. The fourth-order valence-electron chi connectivity index (χ4n) is 1.91. The lowest BCUT2D eigenvalue weighted by Gasteiger charge is -2.31. The van der Waals surface area contributed by atoms with Crippen molar-refractivity contribution in [2.45, 2.75) is 46.6 Å². The van der Waals surface area contributed by atoms with E-state index in [0.717, 1.165) is 12.8 Å². The lowest BCUT2D eigenvalue weighted by Crippen LogP contribution is -2.49. The second-order valence-electron chi connectivity index (χ2n) is 4.87. The van der Waals surface area contributed by atoms with Gasteiger partial charge in [-0.3, -0.25) is 9.59 Å². The summed E-state index contributed by atoms with van der Waals surface area (Å²) in [5.74, 6) is -0.643. The number of hydrogen-bond acceptors (Lipinski definition) is 3. The molecule has 5 heteroatoms. The van der Waals surface area contributed by atoms with E-state index in [9.17, 15) is 9.59 Å². The van der Waals surface area contributed by atoms with Crippen LogP contribution >= 0.6 is 0 Å². The third-order valence-electron chi connectivity index (χ3n) is 2.83. The summed E-state index contributed by atoms with van der Waals surface area (Å²) in [5.41, 5.74) is 5.31. The first-order chi connectivity index (χ1) is 8.47. The molecule has 0 aromatic rings. The van der Waals surface area contributed by atoms with Gasteiger partial charge in [0.15, 0.2) is 0 Å². The van der Waals surface area contributed by atoms with Crippen molar-refractivity contribution in [1.29, 1.82) is 0 Å². The number of hydrogen-bond donors (Lipinski definition) is 2. The molecule has 0 radical (unpaired) electrons. The van der Waals surface area contributed by atoms with Crippen molar-refractivity contribution in [2.24, 2.45) is 11.7 Å². The van der Waals surface area contributed by atoms with E-state index < -0.39 is 11.8 Å². The average molecular weight is 257 g/mol. The summed E-state index contributed by atoms with van der Waals surface area (Å²) in [6, 6.07) is 0.128. The summed E-state index contributed by atoms with van der Waals surface area (Å²) in [4.78, 5) is 25.5. The Labute approximate surface area is 110 Å². The Bertz CT molecular complexity index is 263. The van der Waals surface area contributed by atoms with E-state index >= 15 is 0 Å². The number of rotatable bonds is 7. The molecule has 0 aliphatic heterocycles. The Morgan fingerprint density at radius 2 is 1.78 bits per heavy atom. The van der Waals surface area contributed by atoms with E-state index in [1.165, 1.54) is 0 Å². The van der Waals surface area contributed by atoms with E-state index in [0.29, 0.717) is 25.6 Å². The van der Waals surface area contributed by atoms with Gasteiger partial charge in [-0.15, -0.1) is 0 Å². The average Bonchev–Trinajstić information content (AvgIpc) is 2.34. The standard InChI is InChI=1S/C13H27N3O2/c1-5-11(6-2)16(9-10(3)4)13(18)12(17)15-8-7-14/h10-11H,5-9,14H2,1-4H3,(H,15,17). The van der Waals surface area contributed by atoms with Crippen molar-refractivity contribution in [3.8, 4) is 0 Å². The molecule has 0 atom stereocenters. The fourth-order valence-corrected chi connectivity index (χ4v) is 1.91. The summed E-state index contributed by atoms with van der Waals surface area (Å²) in [6.07, 6.45) is 1.72. The van der Waals surface area contributed by atoms with Gasteiger partial charge in [0.25, 0.3) is 0 Å². The highest BCUT2D eigenvalue weighted by molar-refractivity contribution is 6.35. The van der Waals surface area contributed by atoms with Crippen LogP contribution in [0.1, 0.15) is 40.5 Å². The molecular weight excluding hydrogens is 230 g/mol. The molecule has 0 aromatic heterocycles. The third kappa shape index (κ3) is 5.49. The van der Waals surface area contributed by atoms with Gasteiger partial charge in [0.2, 0.25) is 0 Å². The highest BCUT2D eigenvalue weighted by Gasteiger charge is 2.26. The van der Waals surface area contributed by atoms with E-state index in [1.807, 2.05) is 27.7 Å². The summed E-state index contributed by atoms with van der Waals surface area (Å²) in [5, 5.41) is 2.53. The fraction of sp³-hybridized carbons (Fsp3) is 0.846. The van der Waals surface area contributed by atoms with Crippen LogP contribution in [-0.2, 0) is 9.59 Å². The van der Waals surface area contributed by atoms with Gasteiger partial charge in [-0.2, -0.15) is 0 Å². The molecule has 18 heavy (non-hydrogen) atoms. The van der Waals surface area contributed by atoms with Crippen LogP contribution in [0.3, 0.4) is 0 Å². The van der Waals surface area contributed by atoms with Crippen molar-refractivity contribution >= 4 is 11.8 Å². The van der Waals surface area contributed by atoms with Crippen LogP contribution in [0, 0.1) is 5.92 Å². The van der Waals surface area contributed by atoms with Crippen LogP contribution in [-0.4, -0.2) is 42.4 Å². The molecule has 0 aromatic carbocycles. The number of nitrogens with zero attached hydrogens (tertiary/aromatic N) is 1. The van der Waals surface area contributed by atoms with Crippen LogP contribution in [0.4, 0.5) is 0 Å². The van der Waals surface area contributed by atoms with Crippen LogP contribution < -0.4 is 11.1 Å². The van der Waals surface area contributed by atoms with Gasteiger partial charge < -0.3 is 16.0 Å². The van der Waals surface area contributed by atoms with Gasteiger partial charge in [-0.25, -0.2) is 0 Å². The summed E-state index contributed by atoms with van der Waals surface area (Å²) >= 11 is 0. The molecule has 0 aliphatic carbocycles. The third-order valence-corrected chi connectivity index (χ3v) is 2.83. The summed E-state index contributed by atoms with van der Waals surface area (Å²) in [7, 11) is 0. The first-order valence-corrected chi connectivity index (χ1v) is 6.76. The molecule has 0 spiro atoms. The van der Waals surface area contributed by atoms with Gasteiger partial charge in [0, 0.05) is 25.7 Å². The topological polar surface area (TPSA) is 75.4 Å². The molecular formula is C13H27N3O2. The number of carbonyl (C=O) groups excluding carboxylic acids is 2. The lowest BCUT2D eigenvalue weighted by molar-refractivity contribution is -0.147. The number of nitrogens with two attached hydrogens (primary N) is 1. The Hall–Kier alpha value is -1.10. The highest BCUT2D eigenvalue weighted by atomic mass is 16.2. The minimum atomic E-state index is -0.548. The molecule has 0 saturated carbocycles. The van der Waals surface area contributed by atoms with E-state index in [-0.39, 0.29) is 6.04 Å². The van der Waals surface area contributed by atoms with Gasteiger partial charge in [0.05, 0.1) is 0 Å². The van der Waals surface area contributed by atoms with Gasteiger partial charge in [0.1, 0.15) is 0 Å². The van der Waals surface area contributed by atoms with Gasteiger partial charge in [-0.05, 0) is 18.8 Å². The Morgan fingerprint density at radius 1 is 1.22 bits per heavy atom. The monoisotopic (exact) mass is 257 g/mol. The van der Waals surface area contributed by atoms with Crippen LogP contribution in [0.25, 0.3) is 0 Å². The molecule has 0 bridgehead atoms. The predicted molar refractivity (Wildman–Crippen MR) is 73.0 cm³/mol. The zero-order valence-electron chi connectivity index (χ0n) is 12.0. The lowest BCUT2D eigenvalue weighted by atomic mass is 10.1. The highest BCUT2D eigenvalue weighted by Crippen LogP contribution is 2.11. The summed E-state index contributed by atoms with van der Waals surface area (Å²) < 4.78 is 0. The molecule has 3 N–H and O–H groups in total. The molecule has 0 rings (SSSR count). The number of carbonyl (C=O) groups is 2. The SMILES string of the molecule is CCC(CC)N(CC(C)C)C(=O)C(=O)NCCN. The Balaban J connectivity index is 4.72. The largest absolute Gasteiger partial charge is 0.347 e. The molecule has 0 aliphatic rings. The van der Waals surface area contributed by atoms with E-state index in [1.54, 1.807) is 4.90 Å². The minimum Gasteiger partial charge on any atom is -0.347 e. The number of amides is 2. The van der Waals surface area contributed by atoms with Crippen LogP contribution in [0.15, 0.2) is 0 Å². The second-order valence-corrected chi connectivity index (χ2v) is 4.87. The molecule has 106 valence electrons. The zero-order valence-corrected chi connectivity index (χ0v) is 12.0. The normalized spacial score (nSPS) is 10.8. The van der Waals surface area contributed by atoms with Crippen molar-refractivity contribution in [1.82, 2.24) is 10.2 Å². The first-order valence-electron chi connectivity index (χ1n) is 6.76. The maximum absolute atomic E-state index is 12.1. The van der Waals surface area contributed by atoms with Crippen molar-refractivity contribution in [3.05, 3.63) is 0 Å². The second kappa shape index (κ2) is 8.91. The van der Waals surface area contributed by atoms with Gasteiger partial charge in [-0.1, -0.05) is 27.7 Å². The van der Waals surface area contributed by atoms with Crippen LogP contribution in [0.5, 0.6) is 0 Å². The molecule has 5 nitrogen and oxygen atoms in total. The van der Waals surface area contributed by atoms with Gasteiger partial charge >= 0.3 is 11.8 Å². The van der Waals surface area contributed by atoms with Crippen molar-refractivity contribution in [2.75, 3.05) is 19.6 Å². The predicted octanol–water partition coefficient (Wildman–Crippen LogP) is 0.735. The Morgan fingerprint density at radius 3 is 2.17 bits per heavy atom. The van der Waals surface area contributed by atoms with E-state index in [4.69, 9.17) is 5.73 Å². The zero-order chi connectivity index (χ0) is 14.1. The molecule has 2 amide bonds.